The Hall–Kier alpha value is -5.07. The van der Waals surface area contributed by atoms with E-state index in [2.05, 4.69) is 166 Å². The highest BCUT2D eigenvalue weighted by Crippen LogP contribution is 2.42. The molecule has 3 aromatic carbocycles. The Labute approximate surface area is 331 Å². The van der Waals surface area contributed by atoms with Crippen molar-refractivity contribution in [3.8, 4) is 70.3 Å². The van der Waals surface area contributed by atoms with Crippen molar-refractivity contribution in [1.29, 1.82) is 0 Å². The van der Waals surface area contributed by atoms with Crippen LogP contribution in [0.15, 0.2) is 97.1 Å². The molecule has 0 saturated heterocycles. The topological polar surface area (TPSA) is 0 Å². The van der Waals surface area contributed by atoms with Gasteiger partial charge in [0.05, 0.1) is 0 Å². The Bertz CT molecular complexity index is 1980. The quantitative estimate of drug-likeness (QED) is 0.174. The maximum absolute atomic E-state index is 3.83. The smallest absolute Gasteiger partial charge is 0.125 e. The molecule has 3 rings (SSSR count). The number of allylic oxidation sites excluding steroid dienone is 4. The van der Waals surface area contributed by atoms with Crippen molar-refractivity contribution in [2.75, 3.05) is 0 Å². The Balaban J connectivity index is 1.76. The molecule has 0 heterocycles. The first-order valence-corrected chi connectivity index (χ1v) is 23.9. The lowest BCUT2D eigenvalue weighted by Gasteiger charge is -2.38. The highest BCUT2D eigenvalue weighted by atomic mass is 28.3. The summed E-state index contributed by atoms with van der Waals surface area (Å²) in [7, 11) is -3.66. The first-order valence-electron chi connectivity index (χ1n) is 19.5. The monoisotopic (exact) mass is 738 g/mol. The summed E-state index contributed by atoms with van der Waals surface area (Å²) in [5.41, 5.74) is 16.8. The molecule has 274 valence electrons. The van der Waals surface area contributed by atoms with Crippen molar-refractivity contribution in [3.63, 3.8) is 0 Å². The maximum atomic E-state index is 3.83. The van der Waals surface area contributed by atoms with Crippen molar-refractivity contribution >= 4 is 16.1 Å². The molecule has 0 saturated carbocycles. The summed E-state index contributed by atoms with van der Waals surface area (Å²) in [4.78, 5) is 0. The van der Waals surface area contributed by atoms with Gasteiger partial charge in [0.2, 0.25) is 0 Å². The zero-order chi connectivity index (χ0) is 39.7. The van der Waals surface area contributed by atoms with Gasteiger partial charge in [-0.05, 0) is 93.9 Å². The van der Waals surface area contributed by atoms with Gasteiger partial charge in [-0.3, -0.25) is 0 Å². The van der Waals surface area contributed by atoms with Gasteiger partial charge in [-0.1, -0.05) is 179 Å². The molecule has 0 N–H and O–H groups in total. The molecule has 54 heavy (non-hydrogen) atoms. The minimum atomic E-state index is -1.83. The molecule has 0 aromatic heterocycles. The molecule has 0 bridgehead atoms. The summed E-state index contributed by atoms with van der Waals surface area (Å²) >= 11 is 0. The minimum absolute atomic E-state index is 0.586. The third kappa shape index (κ3) is 11.2. The predicted molar refractivity (Wildman–Crippen MR) is 241 cm³/mol. The van der Waals surface area contributed by atoms with E-state index in [1.54, 1.807) is 24.3 Å². The van der Waals surface area contributed by atoms with E-state index in [0.717, 1.165) is 33.4 Å². The zero-order valence-electron chi connectivity index (χ0n) is 34.7. The van der Waals surface area contributed by atoms with Gasteiger partial charge in [0.1, 0.15) is 16.1 Å². The van der Waals surface area contributed by atoms with E-state index >= 15 is 0 Å². The van der Waals surface area contributed by atoms with Crippen LogP contribution in [0.1, 0.15) is 116 Å². The van der Waals surface area contributed by atoms with E-state index in [1.165, 1.54) is 0 Å². The fourth-order valence-electron chi connectivity index (χ4n) is 7.96. The van der Waals surface area contributed by atoms with Crippen LogP contribution in [0.3, 0.4) is 0 Å². The van der Waals surface area contributed by atoms with Crippen LogP contribution in [0.5, 0.6) is 0 Å². The highest BCUT2D eigenvalue weighted by molar-refractivity contribution is 6.91. The summed E-state index contributed by atoms with van der Waals surface area (Å²) < 4.78 is 0. The van der Waals surface area contributed by atoms with Crippen molar-refractivity contribution in [2.24, 2.45) is 0 Å². The fraction of sp³-hybridized carbons (Fsp3) is 0.346. The molecule has 0 nitrogen and oxygen atoms in total. The second-order valence-corrected chi connectivity index (χ2v) is 26.8. The van der Waals surface area contributed by atoms with Crippen molar-refractivity contribution in [1.82, 2.24) is 0 Å². The normalized spacial score (nSPS) is 11.3. The van der Waals surface area contributed by atoms with Gasteiger partial charge in [-0.2, -0.15) is 0 Å². The number of benzene rings is 3. The Morgan fingerprint density at radius 2 is 0.500 bits per heavy atom. The number of hydrogen-bond donors (Lipinski definition) is 0. The molecule has 0 fully saturated rings. The summed E-state index contributed by atoms with van der Waals surface area (Å²) in [6.45, 7) is 28.1. The SMILES string of the molecule is CC(C)[Si](C#Cc1ccccc1C#C/C=C/C#Cc1ccccc1C#C/C=C/C#Cc1ccccc1C#C[Si](C(C)C)(C(C)C)C(C)C)(C(C)C)C(C)C. The van der Waals surface area contributed by atoms with Gasteiger partial charge >= 0.3 is 0 Å². The van der Waals surface area contributed by atoms with Gasteiger partial charge in [-0.25, -0.2) is 0 Å². The van der Waals surface area contributed by atoms with Crippen LogP contribution in [-0.2, 0) is 0 Å². The first kappa shape index (κ1) is 43.3. The summed E-state index contributed by atoms with van der Waals surface area (Å²) in [6, 6.07) is 24.3. The molecule has 0 radical (unpaired) electrons. The van der Waals surface area contributed by atoms with Crippen LogP contribution in [0.2, 0.25) is 33.2 Å². The van der Waals surface area contributed by atoms with Crippen LogP contribution in [0, 0.1) is 70.3 Å². The average Bonchev–Trinajstić information content (AvgIpc) is 3.12. The van der Waals surface area contributed by atoms with Crippen LogP contribution >= 0.6 is 0 Å². The molecule has 0 spiro atoms. The lowest BCUT2D eigenvalue weighted by atomic mass is 10.1. The van der Waals surface area contributed by atoms with Gasteiger partial charge in [-0.15, -0.1) is 11.1 Å². The Morgan fingerprint density at radius 1 is 0.315 bits per heavy atom. The standard InChI is InChI=1S/C52H58Si2/c1-41(2)53(42(3)4,43(5)6)39-37-51-35-25-23-33-49(51)29-19-15-13-17-27-47-31-21-22-32-48(47)28-18-14-16-20-30-50-34-24-26-36-52(50)38-40-54(44(7)8,45(9)10)46(11)12/h13-16,21-26,31-36,41-46H,1-12H3/b15-13+,16-14+. The molecule has 0 atom stereocenters. The molecule has 2 heteroatoms. The molecule has 0 unspecified atom stereocenters. The van der Waals surface area contributed by atoms with Gasteiger partial charge in [0, 0.05) is 33.4 Å². The predicted octanol–water partition coefficient (Wildman–Crippen LogP) is 12.7. The minimum Gasteiger partial charge on any atom is -0.125 e. The lowest BCUT2D eigenvalue weighted by Crippen LogP contribution is -2.43. The Morgan fingerprint density at radius 3 is 0.685 bits per heavy atom. The van der Waals surface area contributed by atoms with E-state index in [-0.39, 0.29) is 0 Å². The van der Waals surface area contributed by atoms with E-state index in [1.807, 2.05) is 60.7 Å². The molecule has 0 aliphatic heterocycles. The van der Waals surface area contributed by atoms with E-state index in [9.17, 15) is 0 Å². The third-order valence-electron chi connectivity index (χ3n) is 10.7. The summed E-state index contributed by atoms with van der Waals surface area (Å²) in [5, 5.41) is 0. The van der Waals surface area contributed by atoms with Crippen molar-refractivity contribution in [3.05, 3.63) is 130 Å². The van der Waals surface area contributed by atoms with Crippen LogP contribution in [0.25, 0.3) is 0 Å². The van der Waals surface area contributed by atoms with Crippen molar-refractivity contribution in [2.45, 2.75) is 116 Å². The van der Waals surface area contributed by atoms with Crippen LogP contribution in [-0.4, -0.2) is 16.1 Å². The van der Waals surface area contributed by atoms with Crippen molar-refractivity contribution < 1.29 is 0 Å². The van der Waals surface area contributed by atoms with Crippen LogP contribution < -0.4 is 0 Å². The fourth-order valence-corrected chi connectivity index (χ4v) is 18.4. The second-order valence-electron chi connectivity index (χ2n) is 15.7. The highest BCUT2D eigenvalue weighted by Gasteiger charge is 2.42. The molecule has 0 aliphatic rings. The zero-order valence-corrected chi connectivity index (χ0v) is 36.7. The molecule has 0 amide bonds. The van der Waals surface area contributed by atoms with Gasteiger partial charge < -0.3 is 0 Å². The third-order valence-corrected chi connectivity index (χ3v) is 23.2. The van der Waals surface area contributed by atoms with E-state index in [0.29, 0.717) is 33.2 Å². The molecule has 3 aromatic rings. The average molecular weight is 739 g/mol. The molecule has 0 aliphatic carbocycles. The first-order chi connectivity index (χ1) is 25.8. The largest absolute Gasteiger partial charge is 0.146 e. The molecular formula is C52H58Si2. The van der Waals surface area contributed by atoms with Crippen LogP contribution in [0.4, 0.5) is 0 Å². The second kappa shape index (κ2) is 21.0. The lowest BCUT2D eigenvalue weighted by molar-refractivity contribution is 0.838. The van der Waals surface area contributed by atoms with Gasteiger partial charge in [0.15, 0.2) is 0 Å². The summed E-state index contributed by atoms with van der Waals surface area (Å²) in [5.74, 6) is 32.7. The number of hydrogen-bond acceptors (Lipinski definition) is 0. The summed E-state index contributed by atoms with van der Waals surface area (Å²) in [6.07, 6.45) is 7.16. The van der Waals surface area contributed by atoms with E-state index in [4.69, 9.17) is 0 Å². The Kier molecular flexibility index (Phi) is 16.8. The van der Waals surface area contributed by atoms with E-state index < -0.39 is 16.1 Å². The maximum Gasteiger partial charge on any atom is 0.146 e. The number of rotatable bonds is 6. The van der Waals surface area contributed by atoms with Gasteiger partial charge in [0.25, 0.3) is 0 Å². The molecular weight excluding hydrogens is 681 g/mol.